The van der Waals surface area contributed by atoms with E-state index >= 15 is 0 Å². The normalized spacial score (nSPS) is 15.2. The van der Waals surface area contributed by atoms with Crippen LogP contribution in [0.25, 0.3) is 0 Å². The first kappa shape index (κ1) is 16.2. The van der Waals surface area contributed by atoms with E-state index in [0.717, 1.165) is 19.3 Å². The van der Waals surface area contributed by atoms with Gasteiger partial charge in [-0.1, -0.05) is 19.3 Å². The molecule has 1 saturated carbocycles. The SMILES string of the molecule is N#Cc1cc([N+](=O)[O-])ccc1NCCCOC1CCCCC1. The minimum absolute atomic E-state index is 0.0669. The largest absolute Gasteiger partial charge is 0.384 e. The summed E-state index contributed by atoms with van der Waals surface area (Å²) in [5.74, 6) is 0. The molecular formula is C16H21N3O3. The second-order valence-corrected chi connectivity index (χ2v) is 5.51. The summed E-state index contributed by atoms with van der Waals surface area (Å²) in [5.41, 5.74) is 0.857. The standard InChI is InChI=1S/C16H21N3O3/c17-12-13-11-14(19(20)21)7-8-16(13)18-9-4-10-22-15-5-2-1-3-6-15/h7-8,11,15,18H,1-6,9-10H2. The van der Waals surface area contributed by atoms with E-state index in [2.05, 4.69) is 5.32 Å². The molecule has 0 spiro atoms. The molecule has 1 N–H and O–H groups in total. The van der Waals surface area contributed by atoms with Crippen LogP contribution in [-0.4, -0.2) is 24.2 Å². The molecule has 1 aliphatic carbocycles. The van der Waals surface area contributed by atoms with Gasteiger partial charge in [0.25, 0.3) is 5.69 Å². The highest BCUT2D eigenvalue weighted by Crippen LogP contribution is 2.22. The fraction of sp³-hybridized carbons (Fsp3) is 0.562. The van der Waals surface area contributed by atoms with Gasteiger partial charge in [0.2, 0.25) is 0 Å². The van der Waals surface area contributed by atoms with E-state index in [1.54, 1.807) is 6.07 Å². The summed E-state index contributed by atoms with van der Waals surface area (Å²) < 4.78 is 5.83. The van der Waals surface area contributed by atoms with Crippen molar-refractivity contribution in [3.8, 4) is 6.07 Å². The van der Waals surface area contributed by atoms with Crippen LogP contribution in [0.15, 0.2) is 18.2 Å². The number of nitrogens with one attached hydrogen (secondary N) is 1. The molecule has 0 saturated heterocycles. The highest BCUT2D eigenvalue weighted by atomic mass is 16.6. The lowest BCUT2D eigenvalue weighted by Gasteiger charge is -2.22. The molecule has 1 aromatic rings. The number of hydrogen-bond donors (Lipinski definition) is 1. The van der Waals surface area contributed by atoms with Crippen molar-refractivity contribution in [3.05, 3.63) is 33.9 Å². The number of nitriles is 1. The number of rotatable bonds is 7. The van der Waals surface area contributed by atoms with Gasteiger partial charge in [-0.3, -0.25) is 10.1 Å². The first-order valence-electron chi connectivity index (χ1n) is 7.74. The van der Waals surface area contributed by atoms with Crippen molar-refractivity contribution in [1.29, 1.82) is 5.26 Å². The lowest BCUT2D eigenvalue weighted by Crippen LogP contribution is -2.18. The van der Waals surface area contributed by atoms with Crippen LogP contribution in [-0.2, 0) is 4.74 Å². The predicted octanol–water partition coefficient (Wildman–Crippen LogP) is 3.62. The zero-order valence-electron chi connectivity index (χ0n) is 12.6. The third-order valence-corrected chi connectivity index (χ3v) is 3.88. The van der Waals surface area contributed by atoms with Gasteiger partial charge in [-0.05, 0) is 25.3 Å². The van der Waals surface area contributed by atoms with E-state index in [0.29, 0.717) is 30.5 Å². The maximum atomic E-state index is 10.7. The number of hydrogen-bond acceptors (Lipinski definition) is 5. The van der Waals surface area contributed by atoms with Crippen LogP contribution in [0.2, 0.25) is 0 Å². The summed E-state index contributed by atoms with van der Waals surface area (Å²) in [7, 11) is 0. The van der Waals surface area contributed by atoms with Crippen LogP contribution in [0.4, 0.5) is 11.4 Å². The number of anilines is 1. The number of nitro benzene ring substituents is 1. The molecule has 0 unspecified atom stereocenters. The number of nitrogens with zero attached hydrogens (tertiary/aromatic N) is 2. The van der Waals surface area contributed by atoms with Gasteiger partial charge >= 0.3 is 0 Å². The van der Waals surface area contributed by atoms with Crippen molar-refractivity contribution >= 4 is 11.4 Å². The summed E-state index contributed by atoms with van der Waals surface area (Å²) in [6, 6.07) is 6.26. The molecule has 0 aliphatic heterocycles. The van der Waals surface area contributed by atoms with Crippen LogP contribution in [0.1, 0.15) is 44.1 Å². The van der Waals surface area contributed by atoms with Crippen molar-refractivity contribution < 1.29 is 9.66 Å². The second kappa shape index (κ2) is 8.35. The van der Waals surface area contributed by atoms with Gasteiger partial charge in [-0.25, -0.2) is 0 Å². The smallest absolute Gasteiger partial charge is 0.270 e. The highest BCUT2D eigenvalue weighted by Gasteiger charge is 2.13. The minimum atomic E-state index is -0.497. The molecule has 118 valence electrons. The molecule has 1 aromatic carbocycles. The third-order valence-electron chi connectivity index (χ3n) is 3.88. The fourth-order valence-electron chi connectivity index (χ4n) is 2.67. The van der Waals surface area contributed by atoms with Gasteiger partial charge in [0, 0.05) is 25.3 Å². The van der Waals surface area contributed by atoms with Crippen molar-refractivity contribution in [1.82, 2.24) is 0 Å². The maximum Gasteiger partial charge on any atom is 0.270 e. The van der Waals surface area contributed by atoms with Crippen LogP contribution < -0.4 is 5.32 Å². The fourth-order valence-corrected chi connectivity index (χ4v) is 2.67. The summed E-state index contributed by atoms with van der Waals surface area (Å²) in [5, 5.41) is 22.9. The quantitative estimate of drug-likeness (QED) is 0.472. The Morgan fingerprint density at radius 3 is 2.82 bits per heavy atom. The van der Waals surface area contributed by atoms with E-state index in [9.17, 15) is 10.1 Å². The zero-order chi connectivity index (χ0) is 15.8. The van der Waals surface area contributed by atoms with E-state index < -0.39 is 4.92 Å². The van der Waals surface area contributed by atoms with Crippen LogP contribution in [0.3, 0.4) is 0 Å². The predicted molar refractivity (Wildman–Crippen MR) is 83.7 cm³/mol. The van der Waals surface area contributed by atoms with Crippen molar-refractivity contribution in [2.45, 2.75) is 44.6 Å². The molecule has 2 rings (SSSR count). The Hall–Kier alpha value is -2.13. The molecule has 1 fully saturated rings. The Balaban J connectivity index is 1.74. The number of nitro groups is 1. The Bertz CT molecular complexity index is 548. The highest BCUT2D eigenvalue weighted by molar-refractivity contribution is 5.61. The molecule has 1 aliphatic rings. The third kappa shape index (κ3) is 4.71. The minimum Gasteiger partial charge on any atom is -0.384 e. The second-order valence-electron chi connectivity index (χ2n) is 5.51. The van der Waals surface area contributed by atoms with E-state index in [-0.39, 0.29) is 5.69 Å². The summed E-state index contributed by atoms with van der Waals surface area (Å²) >= 11 is 0. The van der Waals surface area contributed by atoms with Crippen LogP contribution in [0, 0.1) is 21.4 Å². The zero-order valence-corrected chi connectivity index (χ0v) is 12.6. The van der Waals surface area contributed by atoms with Gasteiger partial charge in [-0.15, -0.1) is 0 Å². The summed E-state index contributed by atoms with van der Waals surface area (Å²) in [6.45, 7) is 1.38. The van der Waals surface area contributed by atoms with Crippen LogP contribution in [0.5, 0.6) is 0 Å². The van der Waals surface area contributed by atoms with Gasteiger partial charge in [0.05, 0.1) is 22.3 Å². The number of non-ortho nitro benzene ring substituents is 1. The van der Waals surface area contributed by atoms with Crippen molar-refractivity contribution in [3.63, 3.8) is 0 Å². The lowest BCUT2D eigenvalue weighted by atomic mass is 9.98. The molecule has 6 nitrogen and oxygen atoms in total. The van der Waals surface area contributed by atoms with Crippen molar-refractivity contribution in [2.24, 2.45) is 0 Å². The van der Waals surface area contributed by atoms with Crippen LogP contribution >= 0.6 is 0 Å². The van der Waals surface area contributed by atoms with Gasteiger partial charge in [-0.2, -0.15) is 5.26 Å². The maximum absolute atomic E-state index is 10.7. The first-order chi connectivity index (χ1) is 10.7. The van der Waals surface area contributed by atoms with E-state index in [1.807, 2.05) is 6.07 Å². The number of benzene rings is 1. The van der Waals surface area contributed by atoms with Gasteiger partial charge in [0.15, 0.2) is 0 Å². The molecular weight excluding hydrogens is 282 g/mol. The Morgan fingerprint density at radius 2 is 2.14 bits per heavy atom. The Kier molecular flexibility index (Phi) is 6.16. The number of ether oxygens (including phenoxy) is 1. The Labute approximate surface area is 130 Å². The van der Waals surface area contributed by atoms with Gasteiger partial charge in [0.1, 0.15) is 6.07 Å². The van der Waals surface area contributed by atoms with Crippen molar-refractivity contribution in [2.75, 3.05) is 18.5 Å². The molecule has 0 heterocycles. The molecule has 0 atom stereocenters. The molecule has 0 bridgehead atoms. The average molecular weight is 303 g/mol. The topological polar surface area (TPSA) is 88.2 Å². The summed E-state index contributed by atoms with van der Waals surface area (Å²) in [6.07, 6.45) is 7.41. The first-order valence-corrected chi connectivity index (χ1v) is 7.74. The molecule has 0 aromatic heterocycles. The lowest BCUT2D eigenvalue weighted by molar-refractivity contribution is -0.384. The van der Waals surface area contributed by atoms with Gasteiger partial charge < -0.3 is 10.1 Å². The van der Waals surface area contributed by atoms with E-state index in [4.69, 9.17) is 10.00 Å². The summed E-state index contributed by atoms with van der Waals surface area (Å²) in [4.78, 5) is 10.2. The monoisotopic (exact) mass is 303 g/mol. The molecule has 22 heavy (non-hydrogen) atoms. The molecule has 0 radical (unpaired) electrons. The average Bonchev–Trinajstić information content (AvgIpc) is 2.55. The van der Waals surface area contributed by atoms with E-state index in [1.165, 1.54) is 31.4 Å². The molecule has 0 amide bonds. The Morgan fingerprint density at radius 1 is 1.36 bits per heavy atom. The molecule has 6 heteroatoms.